The zero-order valence-corrected chi connectivity index (χ0v) is 7.39. The summed E-state index contributed by atoms with van der Waals surface area (Å²) in [5.41, 5.74) is 2.70. The highest BCUT2D eigenvalue weighted by Crippen LogP contribution is 2.28. The molecule has 1 aliphatic heterocycles. The Balaban J connectivity index is 2.27. The first kappa shape index (κ1) is 7.65. The molecule has 0 fully saturated rings. The molecule has 1 heterocycles. The van der Waals surface area contributed by atoms with E-state index in [9.17, 15) is 4.79 Å². The second-order valence-electron chi connectivity index (χ2n) is 3.48. The Bertz CT molecular complexity index is 245. The van der Waals surface area contributed by atoms with Gasteiger partial charge in [0.15, 0.2) is 0 Å². The highest BCUT2D eigenvalue weighted by atomic mass is 16.2. The van der Waals surface area contributed by atoms with Crippen LogP contribution in [0.4, 0.5) is 4.79 Å². The Morgan fingerprint density at radius 2 is 2.08 bits per heavy atom. The van der Waals surface area contributed by atoms with E-state index in [1.807, 2.05) is 7.05 Å². The van der Waals surface area contributed by atoms with Crippen LogP contribution in [0.15, 0.2) is 11.3 Å². The van der Waals surface area contributed by atoms with Gasteiger partial charge in [0.2, 0.25) is 0 Å². The van der Waals surface area contributed by atoms with E-state index >= 15 is 0 Å². The van der Waals surface area contributed by atoms with Crippen LogP contribution >= 0.6 is 0 Å². The Labute approximate surface area is 72.4 Å². The average Bonchev–Trinajstić information content (AvgIpc) is 2.12. The number of hydrogen-bond acceptors (Lipinski definition) is 1. The number of amides is 2. The Kier molecular flexibility index (Phi) is 1.79. The van der Waals surface area contributed by atoms with E-state index < -0.39 is 0 Å². The lowest BCUT2D eigenvalue weighted by molar-refractivity contribution is 0.212. The van der Waals surface area contributed by atoms with Gasteiger partial charge in [-0.3, -0.25) is 0 Å². The quantitative estimate of drug-likeness (QED) is 0.580. The first-order valence-corrected chi connectivity index (χ1v) is 4.51. The maximum atomic E-state index is 11.2. The van der Waals surface area contributed by atoms with Gasteiger partial charge in [0.05, 0.1) is 0 Å². The summed E-state index contributed by atoms with van der Waals surface area (Å²) in [4.78, 5) is 13.0. The molecule has 0 aromatic carbocycles. The van der Waals surface area contributed by atoms with Crippen molar-refractivity contribution in [2.24, 2.45) is 0 Å². The van der Waals surface area contributed by atoms with Crippen molar-refractivity contribution in [2.75, 3.05) is 13.6 Å². The molecule has 12 heavy (non-hydrogen) atoms. The number of carbonyl (C=O) groups is 1. The van der Waals surface area contributed by atoms with Crippen LogP contribution < -0.4 is 5.32 Å². The van der Waals surface area contributed by atoms with E-state index in [-0.39, 0.29) is 6.03 Å². The van der Waals surface area contributed by atoms with Crippen LogP contribution in [0.5, 0.6) is 0 Å². The van der Waals surface area contributed by atoms with Crippen LogP contribution in [-0.2, 0) is 0 Å². The smallest absolute Gasteiger partial charge is 0.321 e. The second-order valence-corrected chi connectivity index (χ2v) is 3.48. The van der Waals surface area contributed by atoms with Gasteiger partial charge in [-0.15, -0.1) is 0 Å². The molecule has 0 radical (unpaired) electrons. The summed E-state index contributed by atoms with van der Waals surface area (Å²) in [6.07, 6.45) is 4.76. The van der Waals surface area contributed by atoms with E-state index in [1.54, 1.807) is 4.90 Å². The van der Waals surface area contributed by atoms with Crippen molar-refractivity contribution < 1.29 is 4.79 Å². The third-order valence-corrected chi connectivity index (χ3v) is 2.71. The Morgan fingerprint density at radius 1 is 1.33 bits per heavy atom. The van der Waals surface area contributed by atoms with E-state index in [0.29, 0.717) is 0 Å². The van der Waals surface area contributed by atoms with Crippen molar-refractivity contribution in [3.8, 4) is 0 Å². The van der Waals surface area contributed by atoms with Gasteiger partial charge in [-0.05, 0) is 31.3 Å². The van der Waals surface area contributed by atoms with Crippen LogP contribution in [0.3, 0.4) is 0 Å². The number of hydrogen-bond donors (Lipinski definition) is 1. The summed E-state index contributed by atoms with van der Waals surface area (Å²) in [5.74, 6) is 0. The van der Waals surface area contributed by atoms with E-state index in [4.69, 9.17) is 0 Å². The molecule has 0 aromatic rings. The fourth-order valence-electron chi connectivity index (χ4n) is 1.97. The molecule has 0 spiro atoms. The highest BCUT2D eigenvalue weighted by Gasteiger charge is 2.24. The fourth-order valence-corrected chi connectivity index (χ4v) is 1.97. The number of nitrogens with one attached hydrogen (secondary N) is 1. The SMILES string of the molecule is CN1C(=O)NCC2=C1CCCC2. The molecule has 1 N–H and O–H groups in total. The number of carbonyl (C=O) groups excluding carboxylic acids is 1. The maximum absolute atomic E-state index is 11.2. The van der Waals surface area contributed by atoms with E-state index in [2.05, 4.69) is 5.32 Å². The minimum Gasteiger partial charge on any atom is -0.334 e. The first-order valence-electron chi connectivity index (χ1n) is 4.51. The van der Waals surface area contributed by atoms with Crippen molar-refractivity contribution >= 4 is 6.03 Å². The average molecular weight is 166 g/mol. The third-order valence-electron chi connectivity index (χ3n) is 2.71. The molecule has 3 nitrogen and oxygen atoms in total. The van der Waals surface area contributed by atoms with Gasteiger partial charge in [0, 0.05) is 19.3 Å². The van der Waals surface area contributed by atoms with E-state index in [0.717, 1.165) is 13.0 Å². The summed E-state index contributed by atoms with van der Waals surface area (Å²) in [6.45, 7) is 0.776. The highest BCUT2D eigenvalue weighted by molar-refractivity contribution is 5.77. The summed E-state index contributed by atoms with van der Waals surface area (Å²) < 4.78 is 0. The van der Waals surface area contributed by atoms with Crippen molar-refractivity contribution in [2.45, 2.75) is 25.7 Å². The predicted molar refractivity (Wildman–Crippen MR) is 46.7 cm³/mol. The van der Waals surface area contributed by atoms with Crippen LogP contribution in [0.25, 0.3) is 0 Å². The van der Waals surface area contributed by atoms with Gasteiger partial charge in [0.25, 0.3) is 0 Å². The predicted octanol–water partition coefficient (Wildman–Crippen LogP) is 1.47. The van der Waals surface area contributed by atoms with Crippen LogP contribution in [-0.4, -0.2) is 24.5 Å². The van der Waals surface area contributed by atoms with Gasteiger partial charge in [-0.25, -0.2) is 4.79 Å². The standard InChI is InChI=1S/C9H14N2O/c1-11-8-5-3-2-4-7(8)6-10-9(11)12/h2-6H2,1H3,(H,10,12). The largest absolute Gasteiger partial charge is 0.334 e. The van der Waals surface area contributed by atoms with E-state index in [1.165, 1.54) is 30.5 Å². The van der Waals surface area contributed by atoms with Crippen molar-refractivity contribution in [3.05, 3.63) is 11.3 Å². The molecule has 0 unspecified atom stereocenters. The third kappa shape index (κ3) is 1.09. The summed E-state index contributed by atoms with van der Waals surface area (Å²) >= 11 is 0. The number of allylic oxidation sites excluding steroid dienone is 1. The topological polar surface area (TPSA) is 32.3 Å². The van der Waals surface area contributed by atoms with Crippen molar-refractivity contribution in [3.63, 3.8) is 0 Å². The molecule has 1 aliphatic carbocycles. The number of urea groups is 1. The lowest BCUT2D eigenvalue weighted by atomic mass is 9.94. The molecule has 0 saturated carbocycles. The van der Waals surface area contributed by atoms with Crippen LogP contribution in [0.1, 0.15) is 25.7 Å². The van der Waals surface area contributed by atoms with Crippen LogP contribution in [0.2, 0.25) is 0 Å². The van der Waals surface area contributed by atoms with Crippen molar-refractivity contribution in [1.29, 1.82) is 0 Å². The molecule has 0 atom stereocenters. The molecule has 2 rings (SSSR count). The zero-order chi connectivity index (χ0) is 8.55. The molecule has 66 valence electrons. The lowest BCUT2D eigenvalue weighted by Gasteiger charge is -2.32. The molecular formula is C9H14N2O. The minimum absolute atomic E-state index is 0.0515. The van der Waals surface area contributed by atoms with Gasteiger partial charge in [0.1, 0.15) is 0 Å². The lowest BCUT2D eigenvalue weighted by Crippen LogP contribution is -2.43. The number of nitrogens with zero attached hydrogens (tertiary/aromatic N) is 1. The summed E-state index contributed by atoms with van der Waals surface area (Å²) in [5, 5.41) is 2.86. The Hall–Kier alpha value is -0.990. The minimum atomic E-state index is 0.0515. The fraction of sp³-hybridized carbons (Fsp3) is 0.667. The number of rotatable bonds is 0. The molecule has 2 aliphatic rings. The van der Waals surface area contributed by atoms with Gasteiger partial charge in [-0.2, -0.15) is 0 Å². The molecule has 0 aromatic heterocycles. The molecule has 0 bridgehead atoms. The first-order chi connectivity index (χ1) is 5.79. The van der Waals surface area contributed by atoms with Gasteiger partial charge in [-0.1, -0.05) is 0 Å². The van der Waals surface area contributed by atoms with Gasteiger partial charge < -0.3 is 10.2 Å². The van der Waals surface area contributed by atoms with Crippen molar-refractivity contribution in [1.82, 2.24) is 10.2 Å². The summed E-state index contributed by atoms with van der Waals surface area (Å²) in [7, 11) is 1.86. The maximum Gasteiger partial charge on any atom is 0.321 e. The molecule has 0 saturated heterocycles. The normalized spacial score (nSPS) is 23.8. The van der Waals surface area contributed by atoms with Crippen LogP contribution in [0, 0.1) is 0 Å². The monoisotopic (exact) mass is 166 g/mol. The Morgan fingerprint density at radius 3 is 2.92 bits per heavy atom. The molecule has 3 heteroatoms. The second kappa shape index (κ2) is 2.81. The van der Waals surface area contributed by atoms with Gasteiger partial charge >= 0.3 is 6.03 Å². The zero-order valence-electron chi connectivity index (χ0n) is 7.39. The summed E-state index contributed by atoms with van der Waals surface area (Å²) in [6, 6.07) is 0.0515. The molecule has 2 amide bonds. The molecular weight excluding hydrogens is 152 g/mol.